The molecule has 4 aromatic rings. The normalized spacial score (nSPS) is 19.5. The van der Waals surface area contributed by atoms with Crippen LogP contribution in [0.3, 0.4) is 0 Å². The Labute approximate surface area is 202 Å². The SMILES string of the molecule is Cc1ccc(C(=O)OC[C@H]2O[C@@H](n3ncc4cccnc43)C[C@@H]2OC(=O)c2ccc(C)cc2)cc1. The third kappa shape index (κ3) is 4.93. The summed E-state index contributed by atoms with van der Waals surface area (Å²) in [6, 6.07) is 18.0. The Balaban J connectivity index is 1.34. The standard InChI is InChI=1S/C27H25N3O5/c1-17-5-9-19(10-6-17)26(31)33-16-23-22(35-27(32)20-11-7-18(2)8-12-20)14-24(34-23)30-25-21(15-29-30)4-3-13-28-25/h3-13,15,22-24H,14,16H2,1-2H3/t22-,23+,24+/m0/s1. The molecule has 3 heterocycles. The predicted octanol–water partition coefficient (Wildman–Crippen LogP) is 4.42. The first-order chi connectivity index (χ1) is 17.0. The molecule has 0 amide bonds. The molecular weight excluding hydrogens is 446 g/mol. The quantitative estimate of drug-likeness (QED) is 0.384. The number of rotatable bonds is 6. The van der Waals surface area contributed by atoms with Crippen LogP contribution in [0.25, 0.3) is 11.0 Å². The summed E-state index contributed by atoms with van der Waals surface area (Å²) >= 11 is 0. The molecule has 1 saturated heterocycles. The van der Waals surface area contributed by atoms with Crippen molar-refractivity contribution in [2.24, 2.45) is 0 Å². The van der Waals surface area contributed by atoms with E-state index in [-0.39, 0.29) is 6.61 Å². The van der Waals surface area contributed by atoms with Gasteiger partial charge < -0.3 is 14.2 Å². The third-order valence-corrected chi connectivity index (χ3v) is 6.02. The zero-order chi connectivity index (χ0) is 24.4. The Morgan fingerprint density at radius 2 is 1.63 bits per heavy atom. The molecule has 1 aliphatic heterocycles. The van der Waals surface area contributed by atoms with E-state index in [2.05, 4.69) is 10.1 Å². The lowest BCUT2D eigenvalue weighted by molar-refractivity contribution is -0.0590. The number of carbonyl (C=O) groups excluding carboxylic acids is 2. The minimum absolute atomic E-state index is 0.0678. The molecule has 2 aromatic heterocycles. The maximum atomic E-state index is 12.8. The average molecular weight is 472 g/mol. The Morgan fingerprint density at radius 3 is 2.31 bits per heavy atom. The van der Waals surface area contributed by atoms with Crippen molar-refractivity contribution in [3.05, 3.63) is 95.3 Å². The zero-order valence-electron chi connectivity index (χ0n) is 19.5. The van der Waals surface area contributed by atoms with Crippen LogP contribution in [0.1, 0.15) is 44.5 Å². The number of ether oxygens (including phenoxy) is 3. The van der Waals surface area contributed by atoms with Crippen LogP contribution in [0.2, 0.25) is 0 Å². The van der Waals surface area contributed by atoms with E-state index in [1.165, 1.54) is 0 Å². The van der Waals surface area contributed by atoms with Gasteiger partial charge in [0.25, 0.3) is 0 Å². The zero-order valence-corrected chi connectivity index (χ0v) is 19.5. The Morgan fingerprint density at radius 1 is 0.971 bits per heavy atom. The smallest absolute Gasteiger partial charge is 0.338 e. The molecule has 5 rings (SSSR count). The molecule has 178 valence electrons. The van der Waals surface area contributed by atoms with Crippen LogP contribution in [0.5, 0.6) is 0 Å². The molecule has 3 atom stereocenters. The molecule has 0 spiro atoms. The summed E-state index contributed by atoms with van der Waals surface area (Å²) < 4.78 is 19.2. The lowest BCUT2D eigenvalue weighted by Crippen LogP contribution is -2.32. The van der Waals surface area contributed by atoms with Gasteiger partial charge in [0.15, 0.2) is 11.9 Å². The maximum absolute atomic E-state index is 12.8. The molecule has 0 unspecified atom stereocenters. The monoisotopic (exact) mass is 471 g/mol. The molecule has 0 N–H and O–H groups in total. The van der Waals surface area contributed by atoms with Crippen LogP contribution in [-0.2, 0) is 14.2 Å². The van der Waals surface area contributed by atoms with Gasteiger partial charge in [-0.1, -0.05) is 35.4 Å². The molecule has 1 fully saturated rings. The fourth-order valence-electron chi connectivity index (χ4n) is 4.04. The molecule has 0 saturated carbocycles. The Kier molecular flexibility index (Phi) is 6.29. The van der Waals surface area contributed by atoms with Crippen molar-refractivity contribution in [2.75, 3.05) is 6.61 Å². The predicted molar refractivity (Wildman–Crippen MR) is 128 cm³/mol. The van der Waals surface area contributed by atoms with Crippen molar-refractivity contribution in [2.45, 2.75) is 38.7 Å². The van der Waals surface area contributed by atoms with Gasteiger partial charge in [0.1, 0.15) is 18.8 Å². The third-order valence-electron chi connectivity index (χ3n) is 6.02. The van der Waals surface area contributed by atoms with Crippen LogP contribution >= 0.6 is 0 Å². The number of benzene rings is 2. The van der Waals surface area contributed by atoms with Crippen molar-refractivity contribution >= 4 is 23.0 Å². The van der Waals surface area contributed by atoms with Gasteiger partial charge in [-0.25, -0.2) is 19.3 Å². The van der Waals surface area contributed by atoms with Crippen LogP contribution in [0.4, 0.5) is 0 Å². The number of fused-ring (bicyclic) bond motifs is 1. The van der Waals surface area contributed by atoms with Gasteiger partial charge in [-0.2, -0.15) is 5.10 Å². The van der Waals surface area contributed by atoms with E-state index < -0.39 is 30.4 Å². The van der Waals surface area contributed by atoms with Crippen molar-refractivity contribution in [3.8, 4) is 0 Å². The van der Waals surface area contributed by atoms with Crippen LogP contribution in [-0.4, -0.2) is 45.5 Å². The van der Waals surface area contributed by atoms with Crippen molar-refractivity contribution in [1.29, 1.82) is 0 Å². The van der Waals surface area contributed by atoms with Crippen molar-refractivity contribution in [3.63, 3.8) is 0 Å². The van der Waals surface area contributed by atoms with Gasteiger partial charge in [-0.3, -0.25) is 0 Å². The number of nitrogens with zero attached hydrogens (tertiary/aromatic N) is 3. The van der Waals surface area contributed by atoms with E-state index in [9.17, 15) is 9.59 Å². The van der Waals surface area contributed by atoms with Gasteiger partial charge in [0, 0.05) is 18.0 Å². The maximum Gasteiger partial charge on any atom is 0.338 e. The topological polar surface area (TPSA) is 92.5 Å². The van der Waals surface area contributed by atoms with Gasteiger partial charge in [0.2, 0.25) is 0 Å². The van der Waals surface area contributed by atoms with E-state index in [1.54, 1.807) is 41.3 Å². The largest absolute Gasteiger partial charge is 0.459 e. The Hall–Kier alpha value is -4.04. The lowest BCUT2D eigenvalue weighted by Gasteiger charge is -2.19. The number of aryl methyl sites for hydroxylation is 2. The summed E-state index contributed by atoms with van der Waals surface area (Å²) in [4.78, 5) is 29.8. The summed E-state index contributed by atoms with van der Waals surface area (Å²) in [5, 5.41) is 5.30. The first-order valence-electron chi connectivity index (χ1n) is 11.4. The fraction of sp³-hybridized carbons (Fsp3) is 0.259. The second-order valence-electron chi connectivity index (χ2n) is 8.64. The van der Waals surface area contributed by atoms with E-state index in [0.29, 0.717) is 23.2 Å². The summed E-state index contributed by atoms with van der Waals surface area (Å²) in [5.74, 6) is -0.926. The van der Waals surface area contributed by atoms with Gasteiger partial charge in [0.05, 0.1) is 17.3 Å². The summed E-state index contributed by atoms with van der Waals surface area (Å²) in [6.45, 7) is 3.83. The van der Waals surface area contributed by atoms with Crippen LogP contribution in [0.15, 0.2) is 73.1 Å². The van der Waals surface area contributed by atoms with E-state index in [1.807, 2.05) is 50.2 Å². The van der Waals surface area contributed by atoms with E-state index in [4.69, 9.17) is 14.2 Å². The molecule has 2 aromatic carbocycles. The molecule has 35 heavy (non-hydrogen) atoms. The number of esters is 2. The molecular formula is C27H25N3O5. The number of carbonyl (C=O) groups is 2. The Bertz CT molecular complexity index is 1350. The number of hydrogen-bond acceptors (Lipinski definition) is 7. The average Bonchev–Trinajstić information content (AvgIpc) is 3.47. The molecule has 1 aliphatic rings. The number of pyridine rings is 1. The highest BCUT2D eigenvalue weighted by molar-refractivity contribution is 5.90. The minimum atomic E-state index is -0.660. The first-order valence-corrected chi connectivity index (χ1v) is 11.4. The number of aromatic nitrogens is 3. The second kappa shape index (κ2) is 9.68. The molecule has 0 aliphatic carbocycles. The first kappa shape index (κ1) is 22.7. The van der Waals surface area contributed by atoms with Gasteiger partial charge >= 0.3 is 11.9 Å². The summed E-state index contributed by atoms with van der Waals surface area (Å²) in [7, 11) is 0. The summed E-state index contributed by atoms with van der Waals surface area (Å²) in [5.41, 5.74) is 3.65. The molecule has 0 radical (unpaired) electrons. The fourth-order valence-corrected chi connectivity index (χ4v) is 4.04. The van der Waals surface area contributed by atoms with Gasteiger partial charge in [-0.15, -0.1) is 0 Å². The van der Waals surface area contributed by atoms with Crippen LogP contribution in [0, 0.1) is 13.8 Å². The lowest BCUT2D eigenvalue weighted by atomic mass is 10.1. The van der Waals surface area contributed by atoms with Gasteiger partial charge in [-0.05, 0) is 50.2 Å². The highest BCUT2D eigenvalue weighted by Gasteiger charge is 2.41. The second-order valence-corrected chi connectivity index (χ2v) is 8.64. The van der Waals surface area contributed by atoms with E-state index in [0.717, 1.165) is 16.5 Å². The van der Waals surface area contributed by atoms with Crippen LogP contribution < -0.4 is 0 Å². The highest BCUT2D eigenvalue weighted by Crippen LogP contribution is 2.33. The molecule has 8 heteroatoms. The highest BCUT2D eigenvalue weighted by atomic mass is 16.6. The van der Waals surface area contributed by atoms with Crippen molar-refractivity contribution < 1.29 is 23.8 Å². The number of hydrogen-bond donors (Lipinski definition) is 0. The van der Waals surface area contributed by atoms with Crippen molar-refractivity contribution in [1.82, 2.24) is 14.8 Å². The molecule has 8 nitrogen and oxygen atoms in total. The molecule has 0 bridgehead atoms. The summed E-state index contributed by atoms with van der Waals surface area (Å²) in [6.07, 6.45) is 1.92. The minimum Gasteiger partial charge on any atom is -0.459 e. The van der Waals surface area contributed by atoms with E-state index >= 15 is 0 Å².